The van der Waals surface area contributed by atoms with Gasteiger partial charge in [-0.3, -0.25) is 0 Å². The fraction of sp³-hybridized carbons (Fsp3) is 0.364. The molecule has 0 amide bonds. The fourth-order valence-corrected chi connectivity index (χ4v) is 3.38. The molecule has 15 heavy (non-hydrogen) atoms. The van der Waals surface area contributed by atoms with Gasteiger partial charge in [0.25, 0.3) is 0 Å². The molecule has 0 saturated heterocycles. The van der Waals surface area contributed by atoms with Crippen molar-refractivity contribution in [3.63, 3.8) is 0 Å². The van der Waals surface area contributed by atoms with E-state index in [0.29, 0.717) is 0 Å². The molecule has 0 spiro atoms. The van der Waals surface area contributed by atoms with E-state index in [9.17, 15) is 0 Å². The first-order chi connectivity index (χ1) is 7.22. The second kappa shape index (κ2) is 4.43. The van der Waals surface area contributed by atoms with Crippen LogP contribution in [0.2, 0.25) is 0 Å². The minimum absolute atomic E-state index is 0.0890. The highest BCUT2D eigenvalue weighted by Gasteiger charge is 2.14. The van der Waals surface area contributed by atoms with Crippen LogP contribution < -0.4 is 5.73 Å². The summed E-state index contributed by atoms with van der Waals surface area (Å²) in [7, 11) is 0. The maximum atomic E-state index is 5.93. The molecule has 80 valence electrons. The lowest BCUT2D eigenvalue weighted by Gasteiger charge is -2.01. The Morgan fingerprint density at radius 2 is 2.33 bits per heavy atom. The average Bonchev–Trinajstić information content (AvgIpc) is 2.86. The highest BCUT2D eigenvalue weighted by atomic mass is 32.1. The lowest BCUT2D eigenvalue weighted by atomic mass is 10.2. The molecule has 2 heterocycles. The normalized spacial score (nSPS) is 13.0. The molecule has 1 atom stereocenters. The summed E-state index contributed by atoms with van der Waals surface area (Å²) in [4.78, 5) is 7.10. The minimum atomic E-state index is 0.0890. The van der Waals surface area contributed by atoms with E-state index in [0.717, 1.165) is 17.1 Å². The molecule has 0 aromatic carbocycles. The Hall–Kier alpha value is -0.710. The number of aromatic nitrogens is 1. The molecule has 0 radical (unpaired) electrons. The minimum Gasteiger partial charge on any atom is -0.323 e. The van der Waals surface area contributed by atoms with E-state index in [2.05, 4.69) is 29.4 Å². The van der Waals surface area contributed by atoms with Gasteiger partial charge < -0.3 is 5.73 Å². The molecule has 2 rings (SSSR count). The number of hydrogen-bond donors (Lipinski definition) is 1. The molecule has 2 N–H and O–H groups in total. The van der Waals surface area contributed by atoms with Crippen molar-refractivity contribution in [3.05, 3.63) is 28.1 Å². The van der Waals surface area contributed by atoms with Gasteiger partial charge in [0.1, 0.15) is 5.01 Å². The molecule has 1 unspecified atom stereocenters. The molecule has 0 fully saturated rings. The van der Waals surface area contributed by atoms with Gasteiger partial charge in [-0.1, -0.05) is 13.0 Å². The number of nitrogens with zero attached hydrogens (tertiary/aromatic N) is 1. The summed E-state index contributed by atoms with van der Waals surface area (Å²) in [5.41, 5.74) is 7.08. The van der Waals surface area contributed by atoms with Gasteiger partial charge in [0, 0.05) is 10.9 Å². The second-order valence-corrected chi connectivity index (χ2v) is 5.43. The summed E-state index contributed by atoms with van der Waals surface area (Å²) in [6.07, 6.45) is 0.957. The van der Waals surface area contributed by atoms with E-state index in [1.54, 1.807) is 22.7 Å². The molecule has 0 saturated carbocycles. The third-order valence-corrected chi connectivity index (χ3v) is 4.55. The molecular formula is C11H14N2S2. The van der Waals surface area contributed by atoms with Crippen molar-refractivity contribution in [1.29, 1.82) is 0 Å². The number of aryl methyl sites for hydroxylation is 1. The van der Waals surface area contributed by atoms with Crippen LogP contribution in [-0.4, -0.2) is 4.98 Å². The Morgan fingerprint density at radius 3 is 2.80 bits per heavy atom. The smallest absolute Gasteiger partial charge is 0.133 e. The Balaban J connectivity index is 2.43. The molecule has 4 heteroatoms. The summed E-state index contributed by atoms with van der Waals surface area (Å²) in [6, 6.07) is 4.25. The fourth-order valence-electron chi connectivity index (χ4n) is 1.48. The maximum absolute atomic E-state index is 5.93. The molecule has 2 aromatic rings. The Kier molecular flexibility index (Phi) is 3.19. The van der Waals surface area contributed by atoms with E-state index in [1.807, 2.05) is 6.92 Å². The van der Waals surface area contributed by atoms with E-state index < -0.39 is 0 Å². The van der Waals surface area contributed by atoms with Crippen LogP contribution in [0.25, 0.3) is 9.88 Å². The van der Waals surface area contributed by atoms with Crippen LogP contribution in [-0.2, 0) is 6.42 Å². The number of nitrogens with two attached hydrogens (primary N) is 1. The van der Waals surface area contributed by atoms with Crippen LogP contribution in [0.15, 0.2) is 17.5 Å². The Labute approximate surface area is 97.8 Å². The average molecular weight is 238 g/mol. The van der Waals surface area contributed by atoms with Crippen molar-refractivity contribution in [2.75, 3.05) is 0 Å². The van der Waals surface area contributed by atoms with Gasteiger partial charge in [-0.2, -0.15) is 0 Å². The van der Waals surface area contributed by atoms with Crippen LogP contribution in [0.1, 0.15) is 30.5 Å². The van der Waals surface area contributed by atoms with Crippen molar-refractivity contribution in [3.8, 4) is 9.88 Å². The maximum Gasteiger partial charge on any atom is 0.133 e. The van der Waals surface area contributed by atoms with E-state index in [4.69, 9.17) is 5.73 Å². The van der Waals surface area contributed by atoms with E-state index in [1.165, 1.54) is 9.75 Å². The zero-order valence-electron chi connectivity index (χ0n) is 8.86. The number of rotatable bonds is 3. The summed E-state index contributed by atoms with van der Waals surface area (Å²) in [5.74, 6) is 0. The van der Waals surface area contributed by atoms with Crippen molar-refractivity contribution in [1.82, 2.24) is 4.98 Å². The summed E-state index contributed by atoms with van der Waals surface area (Å²) >= 11 is 3.45. The standard InChI is InChI=1S/C11H14N2S2/c1-3-8-10(7(2)12)15-11(13-8)9-5-4-6-14-9/h4-7H,3,12H2,1-2H3. The molecule has 2 nitrogen and oxygen atoms in total. The first kappa shape index (κ1) is 10.8. The van der Waals surface area contributed by atoms with E-state index in [-0.39, 0.29) is 6.04 Å². The first-order valence-electron chi connectivity index (χ1n) is 5.01. The van der Waals surface area contributed by atoms with Crippen molar-refractivity contribution in [2.45, 2.75) is 26.3 Å². The Bertz CT molecular complexity index is 429. The summed E-state index contributed by atoms with van der Waals surface area (Å²) in [6.45, 7) is 4.14. The molecule has 0 bridgehead atoms. The van der Waals surface area contributed by atoms with Crippen LogP contribution in [0.3, 0.4) is 0 Å². The highest BCUT2D eigenvalue weighted by molar-refractivity contribution is 7.21. The van der Waals surface area contributed by atoms with Gasteiger partial charge in [-0.05, 0) is 24.8 Å². The zero-order valence-corrected chi connectivity index (χ0v) is 10.5. The predicted molar refractivity (Wildman–Crippen MR) is 67.4 cm³/mol. The van der Waals surface area contributed by atoms with Crippen LogP contribution in [0.4, 0.5) is 0 Å². The zero-order chi connectivity index (χ0) is 10.8. The van der Waals surface area contributed by atoms with Gasteiger partial charge in [0.2, 0.25) is 0 Å². The van der Waals surface area contributed by atoms with Crippen molar-refractivity contribution < 1.29 is 0 Å². The molecule has 0 aliphatic rings. The monoisotopic (exact) mass is 238 g/mol. The third-order valence-electron chi connectivity index (χ3n) is 2.21. The highest BCUT2D eigenvalue weighted by Crippen LogP contribution is 2.33. The first-order valence-corrected chi connectivity index (χ1v) is 6.71. The predicted octanol–water partition coefficient (Wildman–Crippen LogP) is 3.45. The quantitative estimate of drug-likeness (QED) is 0.889. The lowest BCUT2D eigenvalue weighted by molar-refractivity contribution is 0.814. The van der Waals surface area contributed by atoms with E-state index >= 15 is 0 Å². The van der Waals surface area contributed by atoms with Gasteiger partial charge in [0.05, 0.1) is 10.6 Å². The molecular weight excluding hydrogens is 224 g/mol. The van der Waals surface area contributed by atoms with Crippen molar-refractivity contribution >= 4 is 22.7 Å². The van der Waals surface area contributed by atoms with Gasteiger partial charge in [0.15, 0.2) is 0 Å². The topological polar surface area (TPSA) is 38.9 Å². The molecule has 2 aromatic heterocycles. The summed E-state index contributed by atoms with van der Waals surface area (Å²) < 4.78 is 0. The second-order valence-electron chi connectivity index (χ2n) is 3.45. The lowest BCUT2D eigenvalue weighted by Crippen LogP contribution is -2.05. The SMILES string of the molecule is CCc1nc(-c2cccs2)sc1C(C)N. The Morgan fingerprint density at radius 1 is 1.53 bits per heavy atom. The molecule has 0 aliphatic heterocycles. The largest absolute Gasteiger partial charge is 0.323 e. The third kappa shape index (κ3) is 2.12. The van der Waals surface area contributed by atoms with Crippen molar-refractivity contribution in [2.24, 2.45) is 5.73 Å². The molecule has 0 aliphatic carbocycles. The van der Waals surface area contributed by atoms with Gasteiger partial charge in [-0.25, -0.2) is 4.98 Å². The number of hydrogen-bond acceptors (Lipinski definition) is 4. The van der Waals surface area contributed by atoms with Gasteiger partial charge in [-0.15, -0.1) is 22.7 Å². The summed E-state index contributed by atoms with van der Waals surface area (Å²) in [5, 5.41) is 3.18. The van der Waals surface area contributed by atoms with Gasteiger partial charge >= 0.3 is 0 Å². The number of thiazole rings is 1. The van der Waals surface area contributed by atoms with Crippen LogP contribution in [0, 0.1) is 0 Å². The van der Waals surface area contributed by atoms with Crippen LogP contribution in [0.5, 0.6) is 0 Å². The number of thiophene rings is 1. The van der Waals surface area contributed by atoms with Crippen LogP contribution >= 0.6 is 22.7 Å².